The van der Waals surface area contributed by atoms with Crippen molar-refractivity contribution < 1.29 is 24.2 Å². The normalized spacial score (nSPS) is 12.1. The summed E-state index contributed by atoms with van der Waals surface area (Å²) in [4.78, 5) is 23.3. The molecule has 0 bridgehead atoms. The van der Waals surface area contributed by atoms with Gasteiger partial charge in [0.25, 0.3) is 5.91 Å². The fraction of sp³-hybridized carbons (Fsp3) is 0.412. The van der Waals surface area contributed by atoms with E-state index in [0.29, 0.717) is 24.5 Å². The number of aliphatic carboxylic acids is 1. The number of benzene rings is 1. The highest BCUT2D eigenvalue weighted by Crippen LogP contribution is 2.14. The number of amides is 1. The second-order valence-corrected chi connectivity index (χ2v) is 4.89. The topological polar surface area (TPSA) is 84.9 Å². The van der Waals surface area contributed by atoms with Crippen LogP contribution in [0.15, 0.2) is 36.4 Å². The van der Waals surface area contributed by atoms with Gasteiger partial charge in [-0.05, 0) is 31.5 Å². The number of nitrogens with one attached hydrogen (secondary N) is 1. The molecule has 1 aromatic carbocycles. The molecule has 0 aliphatic carbocycles. The molecule has 6 nitrogen and oxygen atoms in total. The maximum atomic E-state index is 12.2. The quantitative estimate of drug-likeness (QED) is 0.510. The van der Waals surface area contributed by atoms with Crippen LogP contribution in [-0.2, 0) is 9.53 Å². The van der Waals surface area contributed by atoms with Gasteiger partial charge < -0.3 is 19.9 Å². The van der Waals surface area contributed by atoms with Gasteiger partial charge in [0.1, 0.15) is 11.8 Å². The van der Waals surface area contributed by atoms with E-state index in [1.807, 2.05) is 0 Å². The lowest BCUT2D eigenvalue weighted by atomic mass is 10.1. The van der Waals surface area contributed by atoms with Gasteiger partial charge in [-0.1, -0.05) is 18.2 Å². The van der Waals surface area contributed by atoms with Crippen molar-refractivity contribution in [3.05, 3.63) is 42.0 Å². The van der Waals surface area contributed by atoms with E-state index in [0.717, 1.165) is 6.42 Å². The molecular weight excluding hydrogens is 298 g/mol. The second-order valence-electron chi connectivity index (χ2n) is 4.89. The number of carboxylic acid groups (broad SMARTS) is 1. The van der Waals surface area contributed by atoms with Gasteiger partial charge in [0, 0.05) is 25.7 Å². The zero-order valence-electron chi connectivity index (χ0n) is 13.5. The smallest absolute Gasteiger partial charge is 0.326 e. The molecule has 0 aliphatic heterocycles. The molecule has 0 saturated carbocycles. The Hall–Kier alpha value is -2.34. The van der Waals surface area contributed by atoms with Gasteiger partial charge in [-0.2, -0.15) is 0 Å². The van der Waals surface area contributed by atoms with Crippen LogP contribution in [0.2, 0.25) is 0 Å². The molecule has 1 amide bonds. The van der Waals surface area contributed by atoms with Crippen LogP contribution in [0.5, 0.6) is 5.75 Å². The number of carboxylic acids is 1. The first kappa shape index (κ1) is 18.7. The van der Waals surface area contributed by atoms with Crippen molar-refractivity contribution in [2.75, 3.05) is 20.3 Å². The number of rotatable bonds is 10. The number of methoxy groups -OCH3 is 1. The summed E-state index contributed by atoms with van der Waals surface area (Å²) in [6.45, 7) is 2.88. The number of carbonyl (C=O) groups is 2. The van der Waals surface area contributed by atoms with Gasteiger partial charge in [0.15, 0.2) is 0 Å². The molecule has 6 heteroatoms. The number of hydrogen-bond donors (Lipinski definition) is 2. The molecule has 1 atom stereocenters. The molecule has 0 radical (unpaired) electrons. The van der Waals surface area contributed by atoms with Crippen molar-refractivity contribution in [2.45, 2.75) is 25.8 Å². The van der Waals surface area contributed by atoms with E-state index >= 15 is 0 Å². The highest BCUT2D eigenvalue weighted by Gasteiger charge is 2.19. The lowest BCUT2D eigenvalue weighted by Gasteiger charge is -2.13. The van der Waals surface area contributed by atoms with Gasteiger partial charge in [-0.3, -0.25) is 4.79 Å². The average Bonchev–Trinajstić information content (AvgIpc) is 2.55. The number of carbonyl (C=O) groups excluding carboxylic acids is 1. The molecule has 0 fully saturated rings. The minimum atomic E-state index is -1.07. The van der Waals surface area contributed by atoms with Crippen molar-refractivity contribution >= 4 is 11.9 Å². The Balaban J connectivity index is 2.66. The predicted octanol–water partition coefficient (Wildman–Crippen LogP) is 2.25. The summed E-state index contributed by atoms with van der Waals surface area (Å²) in [6, 6.07) is 5.70. The van der Waals surface area contributed by atoms with Crippen LogP contribution in [0, 0.1) is 0 Å². The first-order valence-corrected chi connectivity index (χ1v) is 7.45. The second kappa shape index (κ2) is 10.4. The van der Waals surface area contributed by atoms with Crippen LogP contribution in [0.1, 0.15) is 30.1 Å². The summed E-state index contributed by atoms with van der Waals surface area (Å²) in [5.74, 6) is -0.943. The van der Waals surface area contributed by atoms with Gasteiger partial charge in [-0.25, -0.2) is 4.79 Å². The molecule has 1 aromatic rings. The molecule has 23 heavy (non-hydrogen) atoms. The Morgan fingerprint density at radius 3 is 2.78 bits per heavy atom. The third kappa shape index (κ3) is 6.97. The number of hydrogen-bond acceptors (Lipinski definition) is 4. The molecule has 126 valence electrons. The maximum Gasteiger partial charge on any atom is 0.326 e. The van der Waals surface area contributed by atoms with E-state index in [9.17, 15) is 9.59 Å². The SMILES string of the molecule is C/C=C/CC(NC(=O)c1cccc(OCCCOC)c1)C(=O)O. The van der Waals surface area contributed by atoms with Crippen LogP contribution in [0.3, 0.4) is 0 Å². The van der Waals surface area contributed by atoms with Crippen LogP contribution in [0.4, 0.5) is 0 Å². The van der Waals surface area contributed by atoms with E-state index < -0.39 is 17.9 Å². The van der Waals surface area contributed by atoms with E-state index in [2.05, 4.69) is 5.32 Å². The Labute approximate surface area is 136 Å². The fourth-order valence-electron chi connectivity index (χ4n) is 1.86. The average molecular weight is 321 g/mol. The fourth-order valence-corrected chi connectivity index (χ4v) is 1.86. The first-order chi connectivity index (χ1) is 11.1. The Morgan fingerprint density at radius 1 is 1.35 bits per heavy atom. The van der Waals surface area contributed by atoms with Crippen LogP contribution in [-0.4, -0.2) is 43.3 Å². The van der Waals surface area contributed by atoms with Gasteiger partial charge in [0.05, 0.1) is 6.61 Å². The lowest BCUT2D eigenvalue weighted by Crippen LogP contribution is -2.40. The Morgan fingerprint density at radius 2 is 2.13 bits per heavy atom. The van der Waals surface area contributed by atoms with Crippen molar-refractivity contribution in [1.29, 1.82) is 0 Å². The minimum absolute atomic E-state index is 0.241. The molecule has 0 spiro atoms. The standard InChI is InChI=1S/C17H23NO5/c1-3-4-9-15(17(20)21)18-16(19)13-7-5-8-14(12-13)23-11-6-10-22-2/h3-5,7-8,12,15H,6,9-11H2,1-2H3,(H,18,19)(H,20,21)/b4-3+. The first-order valence-electron chi connectivity index (χ1n) is 7.45. The number of ether oxygens (including phenoxy) is 2. The monoisotopic (exact) mass is 321 g/mol. The zero-order valence-corrected chi connectivity index (χ0v) is 13.5. The number of allylic oxidation sites excluding steroid dienone is 1. The van der Waals surface area contributed by atoms with Gasteiger partial charge in [0.2, 0.25) is 0 Å². The van der Waals surface area contributed by atoms with E-state index in [-0.39, 0.29) is 6.42 Å². The van der Waals surface area contributed by atoms with Crippen LogP contribution >= 0.6 is 0 Å². The summed E-state index contributed by atoms with van der Waals surface area (Å²) in [7, 11) is 1.62. The third-order valence-corrected chi connectivity index (χ3v) is 3.07. The Kier molecular flexibility index (Phi) is 8.46. The van der Waals surface area contributed by atoms with Crippen molar-refractivity contribution in [2.24, 2.45) is 0 Å². The summed E-state index contributed by atoms with van der Waals surface area (Å²) in [5.41, 5.74) is 0.362. The summed E-state index contributed by atoms with van der Waals surface area (Å²) >= 11 is 0. The van der Waals surface area contributed by atoms with Gasteiger partial charge >= 0.3 is 5.97 Å². The van der Waals surface area contributed by atoms with Crippen molar-refractivity contribution in [3.63, 3.8) is 0 Å². The van der Waals surface area contributed by atoms with Crippen molar-refractivity contribution in [1.82, 2.24) is 5.32 Å². The highest BCUT2D eigenvalue weighted by atomic mass is 16.5. The van der Waals surface area contributed by atoms with E-state index in [1.54, 1.807) is 50.5 Å². The molecule has 0 aliphatic rings. The van der Waals surface area contributed by atoms with Crippen molar-refractivity contribution in [3.8, 4) is 5.75 Å². The molecule has 0 heterocycles. The molecular formula is C17H23NO5. The van der Waals surface area contributed by atoms with Crippen LogP contribution in [0.25, 0.3) is 0 Å². The molecule has 1 unspecified atom stereocenters. The minimum Gasteiger partial charge on any atom is -0.493 e. The van der Waals surface area contributed by atoms with E-state index in [1.165, 1.54) is 0 Å². The maximum absolute atomic E-state index is 12.2. The molecule has 2 N–H and O–H groups in total. The Bertz CT molecular complexity index is 542. The molecule has 0 aromatic heterocycles. The lowest BCUT2D eigenvalue weighted by molar-refractivity contribution is -0.139. The molecule has 0 saturated heterocycles. The third-order valence-electron chi connectivity index (χ3n) is 3.07. The zero-order chi connectivity index (χ0) is 17.1. The van der Waals surface area contributed by atoms with Crippen LogP contribution < -0.4 is 10.1 Å². The van der Waals surface area contributed by atoms with E-state index in [4.69, 9.17) is 14.6 Å². The summed E-state index contributed by atoms with van der Waals surface area (Å²) in [5, 5.41) is 11.6. The van der Waals surface area contributed by atoms with Gasteiger partial charge in [-0.15, -0.1) is 0 Å². The molecule has 1 rings (SSSR count). The largest absolute Gasteiger partial charge is 0.493 e. The summed E-state index contributed by atoms with van der Waals surface area (Å²) < 4.78 is 10.5. The predicted molar refractivity (Wildman–Crippen MR) is 86.8 cm³/mol. The highest BCUT2D eigenvalue weighted by molar-refractivity contribution is 5.96. The summed E-state index contributed by atoms with van der Waals surface area (Å²) in [6.07, 6.45) is 4.44.